The van der Waals surface area contributed by atoms with Gasteiger partial charge >= 0.3 is 5.69 Å². The molecule has 4 nitrogen and oxygen atoms in total. The van der Waals surface area contributed by atoms with Crippen LogP contribution in [0.2, 0.25) is 0 Å². The highest BCUT2D eigenvalue weighted by Crippen LogP contribution is 2.16. The van der Waals surface area contributed by atoms with Crippen molar-refractivity contribution in [1.29, 1.82) is 0 Å². The van der Waals surface area contributed by atoms with E-state index in [1.165, 1.54) is 6.20 Å². The zero-order valence-electron chi connectivity index (χ0n) is 6.59. The van der Waals surface area contributed by atoms with Gasteiger partial charge < -0.3 is 15.1 Å². The van der Waals surface area contributed by atoms with Gasteiger partial charge in [-0.25, -0.2) is 4.79 Å². The predicted molar refractivity (Wildman–Crippen MR) is 41.2 cm³/mol. The second kappa shape index (κ2) is 2.92. The fourth-order valence-corrected chi connectivity index (χ4v) is 0.865. The smallest absolute Gasteiger partial charge is 0.323 e. The van der Waals surface area contributed by atoms with Gasteiger partial charge in [-0.2, -0.15) is 0 Å². The first-order valence-electron chi connectivity index (χ1n) is 3.57. The molecule has 1 heterocycles. The van der Waals surface area contributed by atoms with Gasteiger partial charge in [-0.15, -0.1) is 0 Å². The molecular weight excluding hydrogens is 144 g/mol. The fraction of sp³-hybridized carbons (Fsp3) is 0.571. The van der Waals surface area contributed by atoms with Gasteiger partial charge in [0.25, 0.3) is 0 Å². The quantitative estimate of drug-likeness (QED) is 0.579. The molecule has 1 aromatic rings. The van der Waals surface area contributed by atoms with Crippen LogP contribution in [-0.2, 0) is 0 Å². The summed E-state index contributed by atoms with van der Waals surface area (Å²) >= 11 is 0. The Hall–Kier alpha value is -1.03. The SMILES string of the molecule is CC(C)C(O)c1c[nH]c(=O)[nH]1. The zero-order valence-corrected chi connectivity index (χ0v) is 6.59. The molecule has 1 atom stereocenters. The molecule has 0 spiro atoms. The third kappa shape index (κ3) is 1.71. The molecule has 1 unspecified atom stereocenters. The summed E-state index contributed by atoms with van der Waals surface area (Å²) in [5, 5.41) is 9.42. The maximum atomic E-state index is 10.6. The zero-order chi connectivity index (χ0) is 8.43. The van der Waals surface area contributed by atoms with E-state index in [1.54, 1.807) is 0 Å². The van der Waals surface area contributed by atoms with Crippen molar-refractivity contribution in [2.45, 2.75) is 20.0 Å². The van der Waals surface area contributed by atoms with Crippen LogP contribution < -0.4 is 5.69 Å². The number of aromatic amines is 2. The molecule has 62 valence electrons. The molecule has 0 bridgehead atoms. The number of aliphatic hydroxyl groups excluding tert-OH is 1. The summed E-state index contributed by atoms with van der Waals surface area (Å²) in [6.45, 7) is 3.77. The summed E-state index contributed by atoms with van der Waals surface area (Å²) in [7, 11) is 0. The topological polar surface area (TPSA) is 68.9 Å². The van der Waals surface area contributed by atoms with Crippen molar-refractivity contribution < 1.29 is 5.11 Å². The number of H-pyrrole nitrogens is 2. The summed E-state index contributed by atoms with van der Waals surface area (Å²) in [4.78, 5) is 15.5. The Morgan fingerprint density at radius 3 is 2.55 bits per heavy atom. The number of imidazole rings is 1. The Labute approximate surface area is 64.3 Å². The van der Waals surface area contributed by atoms with E-state index in [9.17, 15) is 9.90 Å². The maximum absolute atomic E-state index is 10.6. The average Bonchev–Trinajstić information content (AvgIpc) is 2.34. The van der Waals surface area contributed by atoms with Crippen molar-refractivity contribution in [1.82, 2.24) is 9.97 Å². The van der Waals surface area contributed by atoms with Gasteiger partial charge in [0.1, 0.15) is 0 Å². The van der Waals surface area contributed by atoms with Crippen molar-refractivity contribution in [3.8, 4) is 0 Å². The minimum absolute atomic E-state index is 0.112. The maximum Gasteiger partial charge on any atom is 0.323 e. The molecule has 11 heavy (non-hydrogen) atoms. The van der Waals surface area contributed by atoms with Gasteiger partial charge in [-0.1, -0.05) is 13.8 Å². The normalized spacial score (nSPS) is 13.8. The molecule has 0 amide bonds. The second-order valence-corrected chi connectivity index (χ2v) is 2.89. The number of aromatic nitrogens is 2. The lowest BCUT2D eigenvalue weighted by molar-refractivity contribution is 0.123. The largest absolute Gasteiger partial charge is 0.387 e. The molecule has 0 fully saturated rings. The first kappa shape index (κ1) is 8.07. The number of hydrogen-bond donors (Lipinski definition) is 3. The van der Waals surface area contributed by atoms with Crippen LogP contribution in [0.3, 0.4) is 0 Å². The monoisotopic (exact) mass is 156 g/mol. The van der Waals surface area contributed by atoms with Crippen molar-refractivity contribution in [3.05, 3.63) is 22.4 Å². The third-order valence-corrected chi connectivity index (χ3v) is 1.57. The van der Waals surface area contributed by atoms with Crippen LogP contribution in [0.15, 0.2) is 11.0 Å². The van der Waals surface area contributed by atoms with E-state index in [-0.39, 0.29) is 11.6 Å². The van der Waals surface area contributed by atoms with E-state index in [0.29, 0.717) is 5.69 Å². The summed E-state index contributed by atoms with van der Waals surface area (Å²) in [6.07, 6.45) is 0.904. The molecule has 0 aliphatic carbocycles. The minimum Gasteiger partial charge on any atom is -0.387 e. The Kier molecular flexibility index (Phi) is 2.14. The van der Waals surface area contributed by atoms with E-state index in [4.69, 9.17) is 0 Å². The molecule has 0 aromatic carbocycles. The minimum atomic E-state index is -0.589. The van der Waals surface area contributed by atoms with Crippen LogP contribution in [0.4, 0.5) is 0 Å². The molecule has 0 aliphatic rings. The highest BCUT2D eigenvalue weighted by Gasteiger charge is 2.12. The number of rotatable bonds is 2. The highest BCUT2D eigenvalue weighted by atomic mass is 16.3. The molecular formula is C7H12N2O2. The summed E-state index contributed by atoms with van der Waals surface area (Å²) < 4.78 is 0. The molecule has 0 saturated carbocycles. The molecule has 1 aromatic heterocycles. The van der Waals surface area contributed by atoms with Gasteiger partial charge in [-0.3, -0.25) is 0 Å². The Balaban J connectivity index is 2.84. The van der Waals surface area contributed by atoms with Crippen LogP contribution in [0.5, 0.6) is 0 Å². The molecule has 3 N–H and O–H groups in total. The van der Waals surface area contributed by atoms with Crippen LogP contribution in [-0.4, -0.2) is 15.1 Å². The fourth-order valence-electron chi connectivity index (χ4n) is 0.865. The van der Waals surface area contributed by atoms with Gasteiger partial charge in [-0.05, 0) is 5.92 Å². The van der Waals surface area contributed by atoms with Crippen LogP contribution in [0.25, 0.3) is 0 Å². The van der Waals surface area contributed by atoms with Gasteiger partial charge in [0.15, 0.2) is 0 Å². The van der Waals surface area contributed by atoms with Crippen molar-refractivity contribution in [2.24, 2.45) is 5.92 Å². The molecule has 0 radical (unpaired) electrons. The number of nitrogens with one attached hydrogen (secondary N) is 2. The van der Waals surface area contributed by atoms with Crippen molar-refractivity contribution >= 4 is 0 Å². The van der Waals surface area contributed by atoms with E-state index < -0.39 is 6.10 Å². The van der Waals surface area contributed by atoms with Gasteiger partial charge in [0.05, 0.1) is 11.8 Å². The number of aliphatic hydroxyl groups is 1. The molecule has 0 saturated heterocycles. The van der Waals surface area contributed by atoms with E-state index in [2.05, 4.69) is 9.97 Å². The van der Waals surface area contributed by atoms with Gasteiger partial charge in [0.2, 0.25) is 0 Å². The molecule has 4 heteroatoms. The first-order chi connectivity index (χ1) is 5.11. The van der Waals surface area contributed by atoms with Crippen LogP contribution in [0, 0.1) is 5.92 Å². The summed E-state index contributed by atoms with van der Waals surface area (Å²) in [5.74, 6) is 0.112. The number of hydrogen-bond acceptors (Lipinski definition) is 2. The lowest BCUT2D eigenvalue weighted by Gasteiger charge is -2.10. The third-order valence-electron chi connectivity index (χ3n) is 1.57. The van der Waals surface area contributed by atoms with Crippen molar-refractivity contribution in [2.75, 3.05) is 0 Å². The van der Waals surface area contributed by atoms with E-state index in [0.717, 1.165) is 0 Å². The lowest BCUT2D eigenvalue weighted by Crippen LogP contribution is -2.08. The Morgan fingerprint density at radius 1 is 1.55 bits per heavy atom. The Morgan fingerprint density at radius 2 is 2.18 bits per heavy atom. The predicted octanol–water partition coefficient (Wildman–Crippen LogP) is 0.392. The summed E-state index contributed by atoms with van der Waals surface area (Å²) in [6, 6.07) is 0. The van der Waals surface area contributed by atoms with Gasteiger partial charge in [0, 0.05) is 6.20 Å². The highest BCUT2D eigenvalue weighted by molar-refractivity contribution is 4.99. The Bertz CT molecular complexity index is 274. The van der Waals surface area contributed by atoms with E-state index in [1.807, 2.05) is 13.8 Å². The first-order valence-corrected chi connectivity index (χ1v) is 3.57. The van der Waals surface area contributed by atoms with Crippen molar-refractivity contribution in [3.63, 3.8) is 0 Å². The summed E-state index contributed by atoms with van der Waals surface area (Å²) in [5.41, 5.74) is 0.268. The average molecular weight is 156 g/mol. The second-order valence-electron chi connectivity index (χ2n) is 2.89. The molecule has 1 rings (SSSR count). The molecule has 0 aliphatic heterocycles. The van der Waals surface area contributed by atoms with E-state index >= 15 is 0 Å². The standard InChI is InChI=1S/C7H12N2O2/c1-4(2)6(10)5-3-8-7(11)9-5/h3-4,6,10H,1-2H3,(H2,8,9,11). The lowest BCUT2D eigenvalue weighted by atomic mass is 10.1. The van der Waals surface area contributed by atoms with Crippen LogP contribution in [0.1, 0.15) is 25.6 Å². The van der Waals surface area contributed by atoms with Crippen LogP contribution >= 0.6 is 0 Å².